The second-order valence-corrected chi connectivity index (χ2v) is 7.91. The molecule has 4 aromatic rings. The van der Waals surface area contributed by atoms with Crippen molar-refractivity contribution in [2.75, 3.05) is 5.32 Å². The number of aryl methyl sites for hydroxylation is 1. The Morgan fingerprint density at radius 1 is 0.931 bits per heavy atom. The van der Waals surface area contributed by atoms with E-state index in [4.69, 9.17) is 23.2 Å². The second-order valence-electron chi connectivity index (χ2n) is 7.10. The summed E-state index contributed by atoms with van der Waals surface area (Å²) in [5.74, 6) is -0.182. The zero-order valence-corrected chi connectivity index (χ0v) is 17.7. The van der Waals surface area contributed by atoms with Crippen LogP contribution in [0.3, 0.4) is 0 Å². The smallest absolute Gasteiger partial charge is 0.255 e. The molecule has 1 aromatic heterocycles. The number of hydrogen-bond donors (Lipinski definition) is 1. The van der Waals surface area contributed by atoms with Gasteiger partial charge in [-0.15, -0.1) is 0 Å². The van der Waals surface area contributed by atoms with Gasteiger partial charge in [0, 0.05) is 34.4 Å². The van der Waals surface area contributed by atoms with Crippen molar-refractivity contribution < 1.29 is 4.79 Å². The van der Waals surface area contributed by atoms with Crippen LogP contribution in [0.1, 0.15) is 27.2 Å². The molecule has 0 bridgehead atoms. The molecule has 0 saturated heterocycles. The van der Waals surface area contributed by atoms with Crippen molar-refractivity contribution in [1.82, 2.24) is 4.57 Å². The molecule has 5 heteroatoms. The van der Waals surface area contributed by atoms with E-state index >= 15 is 0 Å². The largest absolute Gasteiger partial charge is 0.340 e. The lowest BCUT2D eigenvalue weighted by molar-refractivity contribution is 0.102. The predicted octanol–water partition coefficient (Wildman–Crippen LogP) is 6.87. The summed E-state index contributed by atoms with van der Waals surface area (Å²) in [5.41, 5.74) is 5.96. The highest BCUT2D eigenvalue weighted by Crippen LogP contribution is 2.28. The molecule has 0 aliphatic heterocycles. The maximum atomic E-state index is 12.8. The number of fused-ring (bicyclic) bond motifs is 1. The average Bonchev–Trinajstić information content (AvgIpc) is 2.96. The van der Waals surface area contributed by atoms with Crippen molar-refractivity contribution in [1.29, 1.82) is 0 Å². The maximum Gasteiger partial charge on any atom is 0.255 e. The van der Waals surface area contributed by atoms with Crippen molar-refractivity contribution in [2.45, 2.75) is 20.4 Å². The number of halogens is 2. The lowest BCUT2D eigenvalue weighted by atomic mass is 10.1. The second kappa shape index (κ2) is 7.94. The molecule has 0 aliphatic carbocycles. The van der Waals surface area contributed by atoms with E-state index in [0.717, 1.165) is 17.4 Å². The zero-order valence-electron chi connectivity index (χ0n) is 16.2. The molecule has 0 fully saturated rings. The van der Waals surface area contributed by atoms with Crippen LogP contribution in [0, 0.1) is 13.8 Å². The van der Waals surface area contributed by atoms with E-state index in [-0.39, 0.29) is 5.91 Å². The van der Waals surface area contributed by atoms with E-state index in [2.05, 4.69) is 48.0 Å². The molecule has 0 spiro atoms. The van der Waals surface area contributed by atoms with Crippen LogP contribution in [-0.2, 0) is 6.54 Å². The van der Waals surface area contributed by atoms with Gasteiger partial charge in [0.05, 0.1) is 10.0 Å². The number of nitrogens with one attached hydrogen (secondary N) is 1. The SMILES string of the molecule is Cc1c(C)n(Cc2ccccc2)c2ccc(C(=O)Nc3ccc(Cl)c(Cl)c3)cc12. The number of nitrogens with zero attached hydrogens (tertiary/aromatic N) is 1. The van der Waals surface area contributed by atoms with Crippen LogP contribution >= 0.6 is 23.2 Å². The molecule has 1 amide bonds. The number of rotatable bonds is 4. The van der Waals surface area contributed by atoms with E-state index in [1.54, 1.807) is 18.2 Å². The van der Waals surface area contributed by atoms with Gasteiger partial charge in [-0.3, -0.25) is 4.79 Å². The molecule has 0 radical (unpaired) electrons. The van der Waals surface area contributed by atoms with Crippen molar-refractivity contribution in [2.24, 2.45) is 0 Å². The third-order valence-corrected chi connectivity index (χ3v) is 6.00. The number of benzene rings is 3. The molecular weight excluding hydrogens is 403 g/mol. The molecule has 0 atom stereocenters. The highest BCUT2D eigenvalue weighted by molar-refractivity contribution is 6.42. The Kier molecular flexibility index (Phi) is 5.35. The number of anilines is 1. The fourth-order valence-electron chi connectivity index (χ4n) is 3.54. The molecule has 29 heavy (non-hydrogen) atoms. The van der Waals surface area contributed by atoms with Crippen LogP contribution in [0.4, 0.5) is 5.69 Å². The zero-order chi connectivity index (χ0) is 20.5. The monoisotopic (exact) mass is 422 g/mol. The number of hydrogen-bond acceptors (Lipinski definition) is 1. The summed E-state index contributed by atoms with van der Waals surface area (Å²) in [4.78, 5) is 12.8. The summed E-state index contributed by atoms with van der Waals surface area (Å²) in [6, 6.07) is 21.2. The Bertz CT molecular complexity index is 1210. The molecular formula is C24H20Cl2N2O. The Morgan fingerprint density at radius 2 is 1.69 bits per heavy atom. The summed E-state index contributed by atoms with van der Waals surface area (Å²) >= 11 is 12.0. The molecule has 0 unspecified atom stereocenters. The van der Waals surface area contributed by atoms with E-state index in [1.165, 1.54) is 16.8 Å². The minimum absolute atomic E-state index is 0.182. The number of carbonyl (C=O) groups is 1. The lowest BCUT2D eigenvalue weighted by Crippen LogP contribution is -2.11. The van der Waals surface area contributed by atoms with Crippen molar-refractivity contribution in [3.8, 4) is 0 Å². The van der Waals surface area contributed by atoms with E-state index in [0.29, 0.717) is 21.3 Å². The van der Waals surface area contributed by atoms with Gasteiger partial charge in [-0.05, 0) is 61.4 Å². The normalized spacial score (nSPS) is 11.0. The van der Waals surface area contributed by atoms with E-state index in [1.807, 2.05) is 24.3 Å². The van der Waals surface area contributed by atoms with Gasteiger partial charge in [0.1, 0.15) is 0 Å². The molecule has 0 aliphatic rings. The van der Waals surface area contributed by atoms with Gasteiger partial charge >= 0.3 is 0 Å². The van der Waals surface area contributed by atoms with Crippen LogP contribution < -0.4 is 5.32 Å². The fourth-order valence-corrected chi connectivity index (χ4v) is 3.84. The van der Waals surface area contributed by atoms with Crippen LogP contribution in [0.5, 0.6) is 0 Å². The van der Waals surface area contributed by atoms with Crippen LogP contribution in [0.2, 0.25) is 10.0 Å². The minimum Gasteiger partial charge on any atom is -0.340 e. The minimum atomic E-state index is -0.182. The van der Waals surface area contributed by atoms with Gasteiger partial charge in [-0.1, -0.05) is 53.5 Å². The maximum absolute atomic E-state index is 12.8. The highest BCUT2D eigenvalue weighted by Gasteiger charge is 2.14. The molecule has 146 valence electrons. The van der Waals surface area contributed by atoms with Crippen LogP contribution in [0.15, 0.2) is 66.7 Å². The molecule has 1 N–H and O–H groups in total. The topological polar surface area (TPSA) is 34.0 Å². The highest BCUT2D eigenvalue weighted by atomic mass is 35.5. The first kappa shape index (κ1) is 19.6. The number of aromatic nitrogens is 1. The first-order chi connectivity index (χ1) is 13.9. The average molecular weight is 423 g/mol. The van der Waals surface area contributed by atoms with Gasteiger partial charge in [-0.25, -0.2) is 0 Å². The molecule has 0 saturated carbocycles. The van der Waals surface area contributed by atoms with Crippen molar-refractivity contribution >= 4 is 45.7 Å². The van der Waals surface area contributed by atoms with Gasteiger partial charge in [-0.2, -0.15) is 0 Å². The molecule has 4 rings (SSSR count). The van der Waals surface area contributed by atoms with Gasteiger partial charge in [0.2, 0.25) is 0 Å². The lowest BCUT2D eigenvalue weighted by Gasteiger charge is -2.09. The van der Waals surface area contributed by atoms with E-state index < -0.39 is 0 Å². The molecule has 1 heterocycles. The van der Waals surface area contributed by atoms with Gasteiger partial charge < -0.3 is 9.88 Å². The Morgan fingerprint density at radius 3 is 2.41 bits per heavy atom. The third-order valence-electron chi connectivity index (χ3n) is 5.26. The Balaban J connectivity index is 1.66. The van der Waals surface area contributed by atoms with Crippen LogP contribution in [-0.4, -0.2) is 10.5 Å². The summed E-state index contributed by atoms with van der Waals surface area (Å²) < 4.78 is 2.29. The quantitative estimate of drug-likeness (QED) is 0.382. The first-order valence-corrected chi connectivity index (χ1v) is 10.1. The third kappa shape index (κ3) is 3.89. The van der Waals surface area contributed by atoms with Crippen molar-refractivity contribution in [3.05, 3.63) is 99.2 Å². The molecule has 3 aromatic carbocycles. The van der Waals surface area contributed by atoms with Gasteiger partial charge in [0.25, 0.3) is 5.91 Å². The van der Waals surface area contributed by atoms with Gasteiger partial charge in [0.15, 0.2) is 0 Å². The summed E-state index contributed by atoms with van der Waals surface area (Å²) in [6.45, 7) is 5.01. The summed E-state index contributed by atoms with van der Waals surface area (Å²) in [7, 11) is 0. The van der Waals surface area contributed by atoms with E-state index in [9.17, 15) is 4.79 Å². The number of carbonyl (C=O) groups excluding carboxylic acids is 1. The standard InChI is InChI=1S/C24H20Cl2N2O/c1-15-16(2)28(14-17-6-4-3-5-7-17)23-11-8-18(12-20(15)23)24(29)27-19-9-10-21(25)22(26)13-19/h3-13H,14H2,1-2H3,(H,27,29). The molecule has 3 nitrogen and oxygen atoms in total. The predicted molar refractivity (Wildman–Crippen MR) is 121 cm³/mol. The summed E-state index contributed by atoms with van der Waals surface area (Å²) in [5, 5.41) is 4.83. The van der Waals surface area contributed by atoms with Crippen molar-refractivity contribution in [3.63, 3.8) is 0 Å². The fraction of sp³-hybridized carbons (Fsp3) is 0.125. The Hall–Kier alpha value is -2.75. The summed E-state index contributed by atoms with van der Waals surface area (Å²) in [6.07, 6.45) is 0. The van der Waals surface area contributed by atoms with Crippen LogP contribution in [0.25, 0.3) is 10.9 Å². The first-order valence-electron chi connectivity index (χ1n) is 9.34. The Labute approximate surface area is 179 Å². The number of amides is 1.